The molecule has 2 aromatic rings. The number of benzene rings is 2. The molecule has 4 rings (SSSR count). The van der Waals surface area contributed by atoms with E-state index in [0.29, 0.717) is 12.0 Å². The predicted octanol–water partition coefficient (Wildman–Crippen LogP) is 0.740. The van der Waals surface area contributed by atoms with Crippen LogP contribution in [0, 0.1) is 0 Å². The first-order chi connectivity index (χ1) is 15.7. The van der Waals surface area contributed by atoms with Gasteiger partial charge in [0.1, 0.15) is 6.04 Å². The van der Waals surface area contributed by atoms with Crippen molar-refractivity contribution in [2.24, 2.45) is 0 Å². The predicted molar refractivity (Wildman–Crippen MR) is 117 cm³/mol. The van der Waals surface area contributed by atoms with Crippen LogP contribution in [0.5, 0.6) is 0 Å². The first kappa shape index (κ1) is 22.7. The van der Waals surface area contributed by atoms with Crippen LogP contribution in [0.3, 0.4) is 0 Å². The first-order valence-electron chi connectivity index (χ1n) is 10.4. The summed E-state index contributed by atoms with van der Waals surface area (Å²) in [5.41, 5.74) is 1.11. The summed E-state index contributed by atoms with van der Waals surface area (Å²) in [6, 6.07) is 13.3. The fraction of sp³-hybridized carbons (Fsp3) is 0.304. The average molecular weight is 471 g/mol. The number of amides is 3. The van der Waals surface area contributed by atoms with Crippen LogP contribution in [-0.4, -0.2) is 67.2 Å². The van der Waals surface area contributed by atoms with Gasteiger partial charge >= 0.3 is 5.97 Å². The van der Waals surface area contributed by atoms with E-state index in [9.17, 15) is 27.6 Å². The molecule has 0 radical (unpaired) electrons. The molecule has 3 amide bonds. The van der Waals surface area contributed by atoms with Crippen molar-refractivity contribution >= 4 is 33.5 Å². The fourth-order valence-corrected chi connectivity index (χ4v) is 5.69. The molecule has 2 atom stereocenters. The van der Waals surface area contributed by atoms with Crippen molar-refractivity contribution < 1.29 is 32.3 Å². The minimum Gasteiger partial charge on any atom is -0.454 e. The van der Waals surface area contributed by atoms with Crippen LogP contribution in [0.15, 0.2) is 54.6 Å². The Morgan fingerprint density at radius 3 is 2.18 bits per heavy atom. The van der Waals surface area contributed by atoms with E-state index in [-0.39, 0.29) is 29.1 Å². The Kier molecular flexibility index (Phi) is 6.28. The van der Waals surface area contributed by atoms with Gasteiger partial charge in [0.05, 0.1) is 22.6 Å². The van der Waals surface area contributed by atoms with Crippen molar-refractivity contribution in [3.8, 4) is 0 Å². The Hall–Kier alpha value is -3.53. The van der Waals surface area contributed by atoms with Crippen LogP contribution in [-0.2, 0) is 30.6 Å². The van der Waals surface area contributed by atoms with Gasteiger partial charge in [-0.3, -0.25) is 19.3 Å². The standard InChI is InChI=1S/C23H22N2O7S/c26-20(24-16-10-11-33(30,31)14-16)13-32-23(29)19(12-15-6-2-1-3-7-15)25-21(27)17-8-4-5-9-18(17)22(25)28/h1-9,16,19H,10-14H2,(H,24,26). The number of rotatable bonds is 7. The molecule has 1 fully saturated rings. The summed E-state index contributed by atoms with van der Waals surface area (Å²) in [5, 5.41) is 2.54. The van der Waals surface area contributed by atoms with Crippen LogP contribution < -0.4 is 5.32 Å². The molecule has 0 aromatic heterocycles. The van der Waals surface area contributed by atoms with Crippen molar-refractivity contribution in [1.29, 1.82) is 0 Å². The molecule has 0 bridgehead atoms. The SMILES string of the molecule is O=C(COC(=O)C(Cc1ccccc1)N1C(=O)c2ccccc2C1=O)NC1CCS(=O)(=O)C1. The lowest BCUT2D eigenvalue weighted by atomic mass is 10.0. The van der Waals surface area contributed by atoms with Crippen LogP contribution in [0.2, 0.25) is 0 Å². The molecule has 1 saturated heterocycles. The highest BCUT2D eigenvalue weighted by Gasteiger charge is 2.43. The van der Waals surface area contributed by atoms with Crippen LogP contribution in [0.25, 0.3) is 0 Å². The van der Waals surface area contributed by atoms with E-state index in [1.807, 2.05) is 0 Å². The van der Waals surface area contributed by atoms with E-state index >= 15 is 0 Å². The van der Waals surface area contributed by atoms with Gasteiger partial charge in [-0.15, -0.1) is 0 Å². The largest absolute Gasteiger partial charge is 0.454 e. The Morgan fingerprint density at radius 1 is 1.00 bits per heavy atom. The summed E-state index contributed by atoms with van der Waals surface area (Å²) >= 11 is 0. The van der Waals surface area contributed by atoms with E-state index in [4.69, 9.17) is 4.74 Å². The van der Waals surface area contributed by atoms with Crippen molar-refractivity contribution in [2.45, 2.75) is 24.9 Å². The molecule has 0 spiro atoms. The van der Waals surface area contributed by atoms with Crippen molar-refractivity contribution in [1.82, 2.24) is 10.2 Å². The van der Waals surface area contributed by atoms with Crippen LogP contribution >= 0.6 is 0 Å². The number of carbonyl (C=O) groups excluding carboxylic acids is 4. The number of hydrogen-bond acceptors (Lipinski definition) is 7. The van der Waals surface area contributed by atoms with Gasteiger partial charge in [-0.25, -0.2) is 13.2 Å². The van der Waals surface area contributed by atoms with Gasteiger partial charge in [-0.1, -0.05) is 42.5 Å². The number of nitrogens with zero attached hydrogens (tertiary/aromatic N) is 1. The summed E-state index contributed by atoms with van der Waals surface area (Å²) in [6.07, 6.45) is 0.321. The molecule has 2 aromatic carbocycles. The van der Waals surface area contributed by atoms with Gasteiger partial charge < -0.3 is 10.1 Å². The van der Waals surface area contributed by atoms with Crippen LogP contribution in [0.4, 0.5) is 0 Å². The molecule has 0 saturated carbocycles. The summed E-state index contributed by atoms with van der Waals surface area (Å²) in [7, 11) is -3.17. The van der Waals surface area contributed by atoms with Crippen molar-refractivity contribution in [3.05, 3.63) is 71.3 Å². The summed E-state index contributed by atoms with van der Waals surface area (Å²) in [4.78, 5) is 51.9. The zero-order chi connectivity index (χ0) is 23.6. The molecular weight excluding hydrogens is 448 g/mol. The molecule has 0 aliphatic carbocycles. The second kappa shape index (κ2) is 9.14. The zero-order valence-corrected chi connectivity index (χ0v) is 18.4. The molecule has 2 aliphatic heterocycles. The average Bonchev–Trinajstić information content (AvgIpc) is 3.27. The van der Waals surface area contributed by atoms with E-state index in [1.54, 1.807) is 42.5 Å². The number of sulfone groups is 1. The van der Waals surface area contributed by atoms with Crippen molar-refractivity contribution in [2.75, 3.05) is 18.1 Å². The maximum absolute atomic E-state index is 13.0. The number of hydrogen-bond donors (Lipinski definition) is 1. The Bertz CT molecular complexity index is 1180. The van der Waals surface area contributed by atoms with Gasteiger partial charge in [0.25, 0.3) is 17.7 Å². The molecule has 10 heteroatoms. The second-order valence-electron chi connectivity index (χ2n) is 8.01. The van der Waals surface area contributed by atoms with Gasteiger partial charge in [0.15, 0.2) is 16.4 Å². The molecule has 9 nitrogen and oxygen atoms in total. The number of fused-ring (bicyclic) bond motifs is 1. The minimum atomic E-state index is -3.17. The van der Waals surface area contributed by atoms with Crippen molar-refractivity contribution in [3.63, 3.8) is 0 Å². The number of nitrogens with one attached hydrogen (secondary N) is 1. The highest BCUT2D eigenvalue weighted by atomic mass is 32.2. The molecule has 172 valence electrons. The fourth-order valence-electron chi connectivity index (χ4n) is 4.02. The Morgan fingerprint density at radius 2 is 1.61 bits per heavy atom. The van der Waals surface area contributed by atoms with Gasteiger partial charge in [0.2, 0.25) is 0 Å². The smallest absolute Gasteiger partial charge is 0.330 e. The van der Waals surface area contributed by atoms with E-state index in [1.165, 1.54) is 12.1 Å². The molecule has 2 aliphatic rings. The Labute approximate surface area is 190 Å². The molecule has 2 unspecified atom stereocenters. The third-order valence-electron chi connectivity index (χ3n) is 5.62. The summed E-state index contributed by atoms with van der Waals surface area (Å²) in [5.74, 6) is -2.91. The number of imide groups is 1. The minimum absolute atomic E-state index is 0.00335. The molecule has 1 N–H and O–H groups in total. The first-order valence-corrected chi connectivity index (χ1v) is 12.2. The van der Waals surface area contributed by atoms with E-state index in [0.717, 1.165) is 4.90 Å². The normalized spacial score (nSPS) is 19.8. The number of ether oxygens (including phenoxy) is 1. The molecule has 2 heterocycles. The summed E-state index contributed by atoms with van der Waals surface area (Å²) in [6.45, 7) is -0.649. The third kappa shape index (κ3) is 4.95. The van der Waals surface area contributed by atoms with Crippen LogP contribution in [0.1, 0.15) is 32.7 Å². The number of carbonyl (C=O) groups is 4. The quantitative estimate of drug-likeness (QED) is 0.467. The highest BCUT2D eigenvalue weighted by Crippen LogP contribution is 2.26. The third-order valence-corrected chi connectivity index (χ3v) is 7.39. The van der Waals surface area contributed by atoms with Gasteiger partial charge in [-0.05, 0) is 24.1 Å². The van der Waals surface area contributed by atoms with Gasteiger partial charge in [-0.2, -0.15) is 0 Å². The highest BCUT2D eigenvalue weighted by molar-refractivity contribution is 7.91. The summed E-state index contributed by atoms with van der Waals surface area (Å²) < 4.78 is 28.3. The maximum atomic E-state index is 13.0. The Balaban J connectivity index is 1.48. The van der Waals surface area contributed by atoms with Gasteiger partial charge in [0, 0.05) is 12.5 Å². The lowest BCUT2D eigenvalue weighted by molar-refractivity contribution is -0.152. The second-order valence-corrected chi connectivity index (χ2v) is 10.2. The lowest BCUT2D eigenvalue weighted by Crippen LogP contribution is -2.48. The molecular formula is C23H22N2O7S. The monoisotopic (exact) mass is 470 g/mol. The topological polar surface area (TPSA) is 127 Å². The zero-order valence-electron chi connectivity index (χ0n) is 17.6. The van der Waals surface area contributed by atoms with E-state index in [2.05, 4.69) is 5.32 Å². The lowest BCUT2D eigenvalue weighted by Gasteiger charge is -2.24. The maximum Gasteiger partial charge on any atom is 0.330 e. The number of esters is 1. The molecule has 33 heavy (non-hydrogen) atoms. The van der Waals surface area contributed by atoms with E-state index < -0.39 is 52.2 Å².